The number of thiophene rings is 1. The normalized spacial score (nSPS) is 23.8. The van der Waals surface area contributed by atoms with E-state index in [0.29, 0.717) is 12.6 Å². The summed E-state index contributed by atoms with van der Waals surface area (Å²) in [5.41, 5.74) is 3.59. The van der Waals surface area contributed by atoms with Gasteiger partial charge in [0, 0.05) is 42.9 Å². The van der Waals surface area contributed by atoms with Crippen molar-refractivity contribution < 1.29 is 9.53 Å². The van der Waals surface area contributed by atoms with Crippen molar-refractivity contribution in [3.8, 4) is 10.4 Å². The van der Waals surface area contributed by atoms with Crippen LogP contribution in [-0.2, 0) is 11.2 Å². The van der Waals surface area contributed by atoms with Crippen molar-refractivity contribution >= 4 is 22.9 Å². The molecular weight excluding hydrogens is 336 g/mol. The Balaban J connectivity index is 1.59. The lowest BCUT2D eigenvalue weighted by molar-refractivity contribution is 0.0653. The Morgan fingerprint density at radius 3 is 3.04 bits per heavy atom. The van der Waals surface area contributed by atoms with Gasteiger partial charge < -0.3 is 15.0 Å². The van der Waals surface area contributed by atoms with Crippen LogP contribution in [-0.4, -0.2) is 47.9 Å². The van der Waals surface area contributed by atoms with Gasteiger partial charge in [0.1, 0.15) is 4.88 Å². The van der Waals surface area contributed by atoms with E-state index in [1.807, 2.05) is 19.5 Å². The summed E-state index contributed by atoms with van der Waals surface area (Å²) in [6, 6.07) is 0.304. The van der Waals surface area contributed by atoms with E-state index in [2.05, 4.69) is 20.4 Å². The van der Waals surface area contributed by atoms with E-state index in [0.717, 1.165) is 49.1 Å². The third-order valence-electron chi connectivity index (χ3n) is 5.85. The zero-order valence-electron chi connectivity index (χ0n) is 14.3. The smallest absolute Gasteiger partial charge is 0.263 e. The van der Waals surface area contributed by atoms with Crippen LogP contribution >= 0.6 is 11.3 Å². The van der Waals surface area contributed by atoms with Crippen LogP contribution in [0.25, 0.3) is 10.4 Å². The van der Waals surface area contributed by atoms with Gasteiger partial charge in [0.05, 0.1) is 17.5 Å². The molecule has 132 valence electrons. The highest BCUT2D eigenvalue weighted by atomic mass is 32.1. The van der Waals surface area contributed by atoms with Crippen LogP contribution in [0, 0.1) is 0 Å². The maximum absolute atomic E-state index is 12.7. The number of carbonyl (C=O) groups is 1. The van der Waals surface area contributed by atoms with Gasteiger partial charge in [0.15, 0.2) is 0 Å². The van der Waals surface area contributed by atoms with E-state index < -0.39 is 0 Å². The van der Waals surface area contributed by atoms with E-state index >= 15 is 0 Å². The van der Waals surface area contributed by atoms with Gasteiger partial charge in [-0.3, -0.25) is 9.89 Å². The molecule has 7 heteroatoms. The van der Waals surface area contributed by atoms with Crippen molar-refractivity contribution in [1.29, 1.82) is 0 Å². The molecule has 6 nitrogen and oxygen atoms in total. The highest BCUT2D eigenvalue weighted by Crippen LogP contribution is 2.49. The van der Waals surface area contributed by atoms with Crippen LogP contribution in [0.1, 0.15) is 40.9 Å². The minimum absolute atomic E-state index is 0.0287. The lowest BCUT2D eigenvalue weighted by Crippen LogP contribution is -2.45. The minimum atomic E-state index is 0.0287. The lowest BCUT2D eigenvalue weighted by atomic mass is 9.97. The number of hydrogen-bond donors (Lipinski definition) is 2. The fourth-order valence-electron chi connectivity index (χ4n) is 4.30. The Bertz CT molecular complexity index is 809. The highest BCUT2D eigenvalue weighted by molar-refractivity contribution is 7.18. The molecule has 1 saturated carbocycles. The molecule has 0 aromatic carbocycles. The molecule has 0 spiro atoms. The van der Waals surface area contributed by atoms with Crippen molar-refractivity contribution in [1.82, 2.24) is 15.5 Å². The number of nitrogens with zero attached hydrogens (tertiary/aromatic N) is 2. The van der Waals surface area contributed by atoms with E-state index in [1.54, 1.807) is 11.3 Å². The topological polar surface area (TPSA) is 70.2 Å². The van der Waals surface area contributed by atoms with Crippen LogP contribution < -0.4 is 10.2 Å². The summed E-state index contributed by atoms with van der Waals surface area (Å²) in [5, 5.41) is 10.1. The van der Waals surface area contributed by atoms with Gasteiger partial charge in [-0.1, -0.05) is 0 Å². The van der Waals surface area contributed by atoms with Gasteiger partial charge >= 0.3 is 0 Å². The number of rotatable bonds is 4. The molecule has 1 aliphatic carbocycles. The van der Waals surface area contributed by atoms with Crippen molar-refractivity contribution in [3.63, 3.8) is 0 Å². The molecule has 1 amide bonds. The van der Waals surface area contributed by atoms with Gasteiger partial charge in [0.25, 0.3) is 5.91 Å². The van der Waals surface area contributed by atoms with Gasteiger partial charge in [-0.2, -0.15) is 5.10 Å². The number of methoxy groups -OCH3 is 1. The first-order valence-corrected chi connectivity index (χ1v) is 9.77. The molecule has 0 unspecified atom stereocenters. The number of anilines is 1. The second-order valence-electron chi connectivity index (χ2n) is 7.33. The van der Waals surface area contributed by atoms with E-state index in [1.165, 1.54) is 16.1 Å². The number of carbonyl (C=O) groups excluding carboxylic acids is 1. The standard InChI is InChI=1S/C18H22N4O2S/c1-24-18(4-5-18)7-12-10-19-17(23)16-14-13(3-2-6-22(12)14)15(25-16)11-8-20-21-9-11/h8-9,12H,2-7,10H2,1H3,(H,19,23)(H,20,21)/t12-/m1/s1. The SMILES string of the molecule is COC1(C[C@@H]2CNC(=O)c3sc(-c4cn[nH]c4)c4c3N2CCC4)CC1. The summed E-state index contributed by atoms with van der Waals surface area (Å²) in [6.07, 6.45) is 9.16. The highest BCUT2D eigenvalue weighted by Gasteiger charge is 2.47. The van der Waals surface area contributed by atoms with E-state index in [9.17, 15) is 4.79 Å². The first kappa shape index (κ1) is 15.4. The fraction of sp³-hybridized carbons (Fsp3) is 0.556. The summed E-state index contributed by atoms with van der Waals surface area (Å²) >= 11 is 1.61. The largest absolute Gasteiger partial charge is 0.378 e. The Labute approximate surface area is 150 Å². The number of aromatic nitrogens is 2. The molecule has 25 heavy (non-hydrogen) atoms. The molecule has 0 saturated heterocycles. The quantitative estimate of drug-likeness (QED) is 0.881. The van der Waals surface area contributed by atoms with E-state index in [-0.39, 0.29) is 11.5 Å². The molecule has 2 aliphatic heterocycles. The van der Waals surface area contributed by atoms with Gasteiger partial charge in [-0.15, -0.1) is 11.3 Å². The number of H-pyrrole nitrogens is 1. The van der Waals surface area contributed by atoms with Crippen LogP contribution in [0.3, 0.4) is 0 Å². The third-order valence-corrected chi connectivity index (χ3v) is 7.12. The van der Waals surface area contributed by atoms with Gasteiger partial charge in [-0.25, -0.2) is 0 Å². The van der Waals surface area contributed by atoms with Crippen molar-refractivity contribution in [2.24, 2.45) is 0 Å². The predicted molar refractivity (Wildman–Crippen MR) is 97.3 cm³/mol. The number of nitrogens with one attached hydrogen (secondary N) is 2. The van der Waals surface area contributed by atoms with Crippen LogP contribution in [0.5, 0.6) is 0 Å². The zero-order valence-corrected chi connectivity index (χ0v) is 15.1. The summed E-state index contributed by atoms with van der Waals surface area (Å²) < 4.78 is 5.76. The summed E-state index contributed by atoms with van der Waals surface area (Å²) in [5.74, 6) is 0.0626. The van der Waals surface area contributed by atoms with Crippen molar-refractivity contribution in [3.05, 3.63) is 22.8 Å². The number of hydrogen-bond acceptors (Lipinski definition) is 5. The maximum Gasteiger partial charge on any atom is 0.263 e. The molecule has 4 heterocycles. The Kier molecular flexibility index (Phi) is 3.43. The molecule has 1 fully saturated rings. The van der Waals surface area contributed by atoms with Crippen LogP contribution in [0.2, 0.25) is 0 Å². The molecule has 0 bridgehead atoms. The third kappa shape index (κ3) is 2.40. The molecule has 3 aliphatic rings. The second kappa shape index (κ2) is 5.57. The minimum Gasteiger partial charge on any atom is -0.378 e. The van der Waals surface area contributed by atoms with Crippen molar-refractivity contribution in [2.75, 3.05) is 25.1 Å². The molecular formula is C18H22N4O2S. The predicted octanol–water partition coefficient (Wildman–Crippen LogP) is 2.57. The number of ether oxygens (including phenoxy) is 1. The lowest BCUT2D eigenvalue weighted by Gasteiger charge is -2.37. The second-order valence-corrected chi connectivity index (χ2v) is 8.35. The summed E-state index contributed by atoms with van der Waals surface area (Å²) in [7, 11) is 1.82. The summed E-state index contributed by atoms with van der Waals surface area (Å²) in [6.45, 7) is 1.72. The monoisotopic (exact) mass is 358 g/mol. The fourth-order valence-corrected chi connectivity index (χ4v) is 5.56. The van der Waals surface area contributed by atoms with Gasteiger partial charge in [0.2, 0.25) is 0 Å². The van der Waals surface area contributed by atoms with Gasteiger partial charge in [-0.05, 0) is 37.7 Å². The summed E-state index contributed by atoms with van der Waals surface area (Å²) in [4.78, 5) is 17.3. The number of amides is 1. The van der Waals surface area contributed by atoms with Crippen molar-refractivity contribution in [2.45, 2.75) is 43.7 Å². The first-order chi connectivity index (χ1) is 12.2. The first-order valence-electron chi connectivity index (χ1n) is 8.95. The number of aromatic amines is 1. The van der Waals surface area contributed by atoms with Crippen LogP contribution in [0.15, 0.2) is 12.4 Å². The molecule has 5 rings (SSSR count). The molecule has 1 atom stereocenters. The molecule has 2 N–H and O–H groups in total. The Hall–Kier alpha value is -1.86. The average molecular weight is 358 g/mol. The Morgan fingerprint density at radius 2 is 2.32 bits per heavy atom. The Morgan fingerprint density at radius 1 is 1.44 bits per heavy atom. The van der Waals surface area contributed by atoms with E-state index in [4.69, 9.17) is 4.74 Å². The van der Waals surface area contributed by atoms with Crippen LogP contribution in [0.4, 0.5) is 5.69 Å². The molecule has 0 radical (unpaired) electrons. The zero-order chi connectivity index (χ0) is 17.0. The maximum atomic E-state index is 12.7. The molecule has 2 aromatic heterocycles. The average Bonchev–Trinajstić information content (AvgIpc) is 3.06. The molecule has 2 aromatic rings.